The van der Waals surface area contributed by atoms with Gasteiger partial charge in [0.25, 0.3) is 0 Å². The van der Waals surface area contributed by atoms with Crippen LogP contribution < -0.4 is 10.6 Å². The van der Waals surface area contributed by atoms with Crippen molar-refractivity contribution in [3.8, 4) is 0 Å². The lowest BCUT2D eigenvalue weighted by Gasteiger charge is -2.12. The van der Waals surface area contributed by atoms with E-state index < -0.39 is 17.9 Å². The third-order valence-corrected chi connectivity index (χ3v) is 3.88. The first kappa shape index (κ1) is 18.7. The van der Waals surface area contributed by atoms with Crippen LogP contribution in [0.4, 0.5) is 5.69 Å². The number of nitrogens with one attached hydrogen (secondary N) is 2. The number of carbonyl (C=O) groups is 2. The number of carbonyl (C=O) groups excluding carboxylic acids is 2. The summed E-state index contributed by atoms with van der Waals surface area (Å²) >= 11 is 0. The number of aliphatic hydroxyl groups excluding tert-OH is 1. The van der Waals surface area contributed by atoms with Crippen molar-refractivity contribution in [3.05, 3.63) is 65.7 Å². The molecule has 132 valence electrons. The minimum Gasteiger partial charge on any atom is -0.387 e. The van der Waals surface area contributed by atoms with E-state index in [0.29, 0.717) is 11.3 Å². The highest BCUT2D eigenvalue weighted by molar-refractivity contribution is 6.39. The Balaban J connectivity index is 1.80. The molecule has 0 radical (unpaired) electrons. The molecule has 25 heavy (non-hydrogen) atoms. The fraction of sp³-hybridized carbons (Fsp3) is 0.300. The third kappa shape index (κ3) is 6.04. The monoisotopic (exact) mass is 340 g/mol. The first-order valence-electron chi connectivity index (χ1n) is 8.51. The van der Waals surface area contributed by atoms with Crippen molar-refractivity contribution in [1.82, 2.24) is 5.32 Å². The number of benzene rings is 2. The molecular weight excluding hydrogens is 316 g/mol. The predicted octanol–water partition coefficient (Wildman–Crippen LogP) is 2.82. The van der Waals surface area contributed by atoms with Crippen LogP contribution in [-0.2, 0) is 16.0 Å². The highest BCUT2D eigenvalue weighted by Crippen LogP contribution is 2.12. The number of unbranched alkanes of at least 4 members (excludes halogenated alkanes) is 1. The standard InChI is InChI=1S/C20H24N2O3/c1-2-3-7-15-10-12-17(13-11-15)22-20(25)19(24)21-14-18(23)16-8-5-4-6-9-16/h4-6,8-13,18,23H,2-3,7,14H2,1H3,(H,21,24)(H,22,25)/t18-/m1/s1. The van der Waals surface area contributed by atoms with Crippen LogP contribution in [0, 0.1) is 0 Å². The molecule has 2 rings (SSSR count). The van der Waals surface area contributed by atoms with E-state index in [-0.39, 0.29) is 6.54 Å². The van der Waals surface area contributed by atoms with Gasteiger partial charge in [0, 0.05) is 12.2 Å². The van der Waals surface area contributed by atoms with E-state index in [1.165, 1.54) is 5.56 Å². The van der Waals surface area contributed by atoms with Gasteiger partial charge < -0.3 is 15.7 Å². The quantitative estimate of drug-likeness (QED) is 0.678. The van der Waals surface area contributed by atoms with E-state index in [9.17, 15) is 14.7 Å². The summed E-state index contributed by atoms with van der Waals surface area (Å²) in [5.74, 6) is -1.52. The Labute approximate surface area is 148 Å². The molecule has 0 saturated heterocycles. The summed E-state index contributed by atoms with van der Waals surface area (Å²) in [6.07, 6.45) is 2.41. The van der Waals surface area contributed by atoms with Crippen molar-refractivity contribution < 1.29 is 14.7 Å². The average molecular weight is 340 g/mol. The van der Waals surface area contributed by atoms with Gasteiger partial charge in [-0.05, 0) is 36.1 Å². The van der Waals surface area contributed by atoms with E-state index in [2.05, 4.69) is 17.6 Å². The molecule has 0 bridgehead atoms. The summed E-state index contributed by atoms with van der Waals surface area (Å²) in [6.45, 7) is 2.12. The topological polar surface area (TPSA) is 78.4 Å². The largest absolute Gasteiger partial charge is 0.387 e. The summed E-state index contributed by atoms with van der Waals surface area (Å²) in [4.78, 5) is 23.8. The van der Waals surface area contributed by atoms with Crippen LogP contribution in [0.15, 0.2) is 54.6 Å². The van der Waals surface area contributed by atoms with Crippen LogP contribution in [0.25, 0.3) is 0 Å². The van der Waals surface area contributed by atoms with Crippen molar-refractivity contribution in [1.29, 1.82) is 0 Å². The first-order chi connectivity index (χ1) is 12.1. The predicted molar refractivity (Wildman–Crippen MR) is 98.1 cm³/mol. The van der Waals surface area contributed by atoms with Gasteiger partial charge in [0.05, 0.1) is 6.10 Å². The highest BCUT2D eigenvalue weighted by Gasteiger charge is 2.15. The molecule has 0 aliphatic carbocycles. The normalized spacial score (nSPS) is 11.6. The molecule has 0 fully saturated rings. The molecule has 0 heterocycles. The maximum Gasteiger partial charge on any atom is 0.313 e. The summed E-state index contributed by atoms with van der Waals surface area (Å²) in [5.41, 5.74) is 2.46. The Morgan fingerprint density at radius 1 is 1.00 bits per heavy atom. The fourth-order valence-corrected chi connectivity index (χ4v) is 2.39. The number of anilines is 1. The summed E-state index contributed by atoms with van der Waals surface area (Å²) in [6, 6.07) is 16.4. The van der Waals surface area contributed by atoms with Gasteiger partial charge in [-0.25, -0.2) is 0 Å². The van der Waals surface area contributed by atoms with Crippen LogP contribution >= 0.6 is 0 Å². The maximum atomic E-state index is 11.9. The molecule has 0 aromatic heterocycles. The zero-order chi connectivity index (χ0) is 18.1. The van der Waals surface area contributed by atoms with E-state index in [4.69, 9.17) is 0 Å². The van der Waals surface area contributed by atoms with Gasteiger partial charge in [0.15, 0.2) is 0 Å². The molecule has 2 aromatic rings. The molecule has 5 heteroatoms. The smallest absolute Gasteiger partial charge is 0.313 e. The molecular formula is C20H24N2O3. The van der Waals surface area contributed by atoms with Gasteiger partial charge in [0.2, 0.25) is 0 Å². The Morgan fingerprint density at radius 2 is 1.68 bits per heavy atom. The van der Waals surface area contributed by atoms with Crippen LogP contribution in [0.5, 0.6) is 0 Å². The molecule has 2 aromatic carbocycles. The maximum absolute atomic E-state index is 11.9. The van der Waals surface area contributed by atoms with Gasteiger partial charge in [-0.15, -0.1) is 0 Å². The first-order valence-corrected chi connectivity index (χ1v) is 8.51. The second-order valence-corrected chi connectivity index (χ2v) is 5.89. The SMILES string of the molecule is CCCCc1ccc(NC(=O)C(=O)NC[C@@H](O)c2ccccc2)cc1. The lowest BCUT2D eigenvalue weighted by Crippen LogP contribution is -2.37. The Bertz CT molecular complexity index is 684. The molecule has 5 nitrogen and oxygen atoms in total. The zero-order valence-electron chi connectivity index (χ0n) is 14.4. The molecule has 3 N–H and O–H groups in total. The molecule has 2 amide bonds. The summed E-state index contributed by atoms with van der Waals surface area (Å²) < 4.78 is 0. The Hall–Kier alpha value is -2.66. The van der Waals surface area contributed by atoms with E-state index in [1.54, 1.807) is 36.4 Å². The Morgan fingerprint density at radius 3 is 2.32 bits per heavy atom. The van der Waals surface area contributed by atoms with Gasteiger partial charge in [-0.1, -0.05) is 55.8 Å². The van der Waals surface area contributed by atoms with Gasteiger partial charge in [0.1, 0.15) is 0 Å². The van der Waals surface area contributed by atoms with Crippen molar-refractivity contribution in [2.24, 2.45) is 0 Å². The lowest BCUT2D eigenvalue weighted by atomic mass is 10.1. The van der Waals surface area contributed by atoms with Crippen molar-refractivity contribution >= 4 is 17.5 Å². The molecule has 0 saturated carbocycles. The van der Waals surface area contributed by atoms with Crippen molar-refractivity contribution in [2.75, 3.05) is 11.9 Å². The van der Waals surface area contributed by atoms with Gasteiger partial charge in [-0.2, -0.15) is 0 Å². The minimum atomic E-state index is -0.851. The fourth-order valence-electron chi connectivity index (χ4n) is 2.39. The second-order valence-electron chi connectivity index (χ2n) is 5.89. The molecule has 1 atom stereocenters. The van der Waals surface area contributed by atoms with E-state index >= 15 is 0 Å². The highest BCUT2D eigenvalue weighted by atomic mass is 16.3. The van der Waals surface area contributed by atoms with Crippen molar-refractivity contribution in [2.45, 2.75) is 32.3 Å². The number of rotatable bonds is 7. The van der Waals surface area contributed by atoms with Crippen LogP contribution in [-0.4, -0.2) is 23.5 Å². The number of aryl methyl sites for hydroxylation is 1. The van der Waals surface area contributed by atoms with Crippen molar-refractivity contribution in [3.63, 3.8) is 0 Å². The van der Waals surface area contributed by atoms with E-state index in [1.807, 2.05) is 18.2 Å². The third-order valence-electron chi connectivity index (χ3n) is 3.88. The van der Waals surface area contributed by atoms with E-state index in [0.717, 1.165) is 19.3 Å². The van der Waals surface area contributed by atoms with Gasteiger partial charge in [-0.3, -0.25) is 9.59 Å². The zero-order valence-corrected chi connectivity index (χ0v) is 14.4. The van der Waals surface area contributed by atoms with Crippen LogP contribution in [0.2, 0.25) is 0 Å². The average Bonchev–Trinajstić information content (AvgIpc) is 2.65. The molecule has 0 aliphatic heterocycles. The second kappa shape index (κ2) is 9.59. The molecule has 0 spiro atoms. The molecule has 0 unspecified atom stereocenters. The number of amides is 2. The number of hydrogen-bond donors (Lipinski definition) is 3. The summed E-state index contributed by atoms with van der Waals surface area (Å²) in [7, 11) is 0. The van der Waals surface area contributed by atoms with Crippen LogP contribution in [0.1, 0.15) is 37.0 Å². The Kier molecular flexibility index (Phi) is 7.16. The number of aliphatic hydroxyl groups is 1. The number of hydrogen-bond acceptors (Lipinski definition) is 3. The lowest BCUT2D eigenvalue weighted by molar-refractivity contribution is -0.136. The minimum absolute atomic E-state index is 0.0216. The van der Waals surface area contributed by atoms with Crippen LogP contribution in [0.3, 0.4) is 0 Å². The summed E-state index contributed by atoms with van der Waals surface area (Å²) in [5, 5.41) is 15.0. The van der Waals surface area contributed by atoms with Gasteiger partial charge >= 0.3 is 11.8 Å². The molecule has 0 aliphatic rings.